The maximum atomic E-state index is 10.1. The molecule has 0 spiro atoms. The van der Waals surface area contributed by atoms with E-state index in [2.05, 4.69) is 5.32 Å². The molecule has 0 aromatic carbocycles. The van der Waals surface area contributed by atoms with Crippen molar-refractivity contribution in [3.8, 4) is 0 Å². The summed E-state index contributed by atoms with van der Waals surface area (Å²) in [5.74, 6) is 0. The van der Waals surface area contributed by atoms with Crippen molar-refractivity contribution in [1.82, 2.24) is 5.32 Å². The van der Waals surface area contributed by atoms with Gasteiger partial charge < -0.3 is 30.1 Å². The minimum absolute atomic E-state index is 0. The van der Waals surface area contributed by atoms with Crippen molar-refractivity contribution in [3.05, 3.63) is 0 Å². The molecule has 0 fully saturated rings. The van der Waals surface area contributed by atoms with E-state index in [1.807, 2.05) is 20.8 Å². The Balaban J connectivity index is 0. The smallest absolute Gasteiger partial charge is 0.0707 e. The fraction of sp³-hybridized carbons (Fsp3) is 0.917. The SMILES string of the molecule is CC(C)(C)OCCOCCOCC(CN)N[C-]=O.[Fm]. The number of amides is 1. The number of nitrogens with one attached hydrogen (secondary N) is 1. The van der Waals surface area contributed by atoms with Crippen LogP contribution in [0.4, 0.5) is 0 Å². The zero-order chi connectivity index (χ0) is 13.9. The standard InChI is InChI=1S/C12H25N2O4.Fm/c1-12(2,3)18-7-6-16-4-5-17-9-11(8-13)14-10-15;/h11H,4-9,13H2,1-3H3,(H,14,15);/q-1;. The normalized spacial score (nSPS) is 12.6. The Kier molecular flexibility index (Phi) is 11.8. The first-order valence-corrected chi connectivity index (χ1v) is 6.12. The largest absolute Gasteiger partial charge is 0.525 e. The van der Waals surface area contributed by atoms with Gasteiger partial charge in [-0.2, -0.15) is 6.41 Å². The van der Waals surface area contributed by atoms with Crippen LogP contribution >= 0.6 is 0 Å². The fourth-order valence-corrected chi connectivity index (χ4v) is 1.10. The molecule has 0 aromatic heterocycles. The second-order valence-electron chi connectivity index (χ2n) is 4.83. The summed E-state index contributed by atoms with van der Waals surface area (Å²) in [6, 6.07) is -0.188. The van der Waals surface area contributed by atoms with Crippen LogP contribution in [0.25, 0.3) is 0 Å². The van der Waals surface area contributed by atoms with Crippen molar-refractivity contribution >= 4 is 6.41 Å². The van der Waals surface area contributed by atoms with Crippen LogP contribution in [0.5, 0.6) is 0 Å². The van der Waals surface area contributed by atoms with Gasteiger partial charge in [0.1, 0.15) is 0 Å². The topological polar surface area (TPSA) is 82.8 Å². The van der Waals surface area contributed by atoms with E-state index >= 15 is 0 Å². The third-order valence-electron chi connectivity index (χ3n) is 2.00. The summed E-state index contributed by atoms with van der Waals surface area (Å²) in [5.41, 5.74) is 5.28. The molecule has 3 N–H and O–H groups in total. The van der Waals surface area contributed by atoms with Gasteiger partial charge in [-0.15, -0.1) is 0 Å². The molecule has 1 unspecified atom stereocenters. The van der Waals surface area contributed by atoms with Gasteiger partial charge in [-0.05, 0) is 20.8 Å². The van der Waals surface area contributed by atoms with Gasteiger partial charge in [-0.1, -0.05) is 0 Å². The van der Waals surface area contributed by atoms with E-state index in [-0.39, 0.29) is 11.6 Å². The first-order chi connectivity index (χ1) is 8.49. The van der Waals surface area contributed by atoms with Gasteiger partial charge in [0.2, 0.25) is 0 Å². The molecule has 0 saturated carbocycles. The monoisotopic (exact) mass is 518 g/mol. The summed E-state index contributed by atoms with van der Waals surface area (Å²) in [4.78, 5) is 10.1. The number of hydrogen-bond acceptors (Lipinski definition) is 5. The van der Waals surface area contributed by atoms with Crippen LogP contribution in [0, 0.1) is 0 Å². The molecule has 7 heteroatoms. The second kappa shape index (κ2) is 11.4. The summed E-state index contributed by atoms with van der Waals surface area (Å²) in [7, 11) is 0. The van der Waals surface area contributed by atoms with Crippen molar-refractivity contribution in [2.75, 3.05) is 39.6 Å². The number of ether oxygens (including phenoxy) is 3. The van der Waals surface area contributed by atoms with Crippen LogP contribution in [0.3, 0.4) is 0 Å². The molecule has 0 radical (unpaired) electrons. The third kappa shape index (κ3) is 14.2. The summed E-state index contributed by atoms with van der Waals surface area (Å²) in [6.07, 6.45) is 1.59. The van der Waals surface area contributed by atoms with Crippen LogP contribution in [-0.2, 0) is 19.0 Å². The van der Waals surface area contributed by atoms with E-state index in [9.17, 15) is 4.79 Å². The quantitative estimate of drug-likeness (QED) is 0.226. The molecule has 0 aromatic rings. The second-order valence-corrected chi connectivity index (χ2v) is 4.83. The molecular formula is C12H25FmN2O4-. The Labute approximate surface area is 109 Å². The molecule has 120 valence electrons. The third-order valence-corrected chi connectivity index (χ3v) is 2.00. The van der Waals surface area contributed by atoms with Crippen LogP contribution < -0.4 is 11.1 Å². The fourth-order valence-electron chi connectivity index (χ4n) is 1.10. The van der Waals surface area contributed by atoms with Gasteiger partial charge in [-0.25, -0.2) is 0 Å². The molecule has 1 amide bonds. The number of hydrogen-bond donors (Lipinski definition) is 2. The minimum atomic E-state index is -0.188. The maximum Gasteiger partial charge on any atom is 0.0707 e. The zero-order valence-corrected chi connectivity index (χ0v) is 14.2. The van der Waals surface area contributed by atoms with Crippen molar-refractivity contribution in [3.63, 3.8) is 0 Å². The van der Waals surface area contributed by atoms with Crippen molar-refractivity contribution < 1.29 is 19.0 Å². The number of nitrogens with two attached hydrogens (primary N) is 1. The molecule has 0 aliphatic carbocycles. The van der Waals surface area contributed by atoms with Crippen LogP contribution in [0.15, 0.2) is 0 Å². The van der Waals surface area contributed by atoms with Crippen molar-refractivity contribution in [2.24, 2.45) is 5.73 Å². The number of rotatable bonds is 11. The predicted octanol–water partition coefficient (Wildman–Crippen LogP) is -0.181. The summed E-state index contributed by atoms with van der Waals surface area (Å²) in [6.45, 7) is 8.77. The van der Waals surface area contributed by atoms with E-state index in [1.54, 1.807) is 6.41 Å². The van der Waals surface area contributed by atoms with Gasteiger partial charge in [0, 0.05) is 12.6 Å². The summed E-state index contributed by atoms with van der Waals surface area (Å²) < 4.78 is 16.1. The van der Waals surface area contributed by atoms with Gasteiger partial charge in [0.25, 0.3) is 0 Å². The van der Waals surface area contributed by atoms with E-state index in [1.165, 1.54) is 0 Å². The molecule has 0 bridgehead atoms. The van der Waals surface area contributed by atoms with Crippen molar-refractivity contribution in [2.45, 2.75) is 32.4 Å². The molecule has 0 aliphatic rings. The van der Waals surface area contributed by atoms with Crippen LogP contribution in [-0.4, -0.2) is 57.6 Å². The van der Waals surface area contributed by atoms with E-state index in [0.717, 1.165) is 0 Å². The van der Waals surface area contributed by atoms with Gasteiger partial charge >= 0.3 is 0 Å². The molecule has 0 saturated heterocycles. The van der Waals surface area contributed by atoms with Crippen molar-refractivity contribution in [1.29, 1.82) is 0 Å². The summed E-state index contributed by atoms with van der Waals surface area (Å²) >= 11 is 0. The number of carbonyl (C=O) groups excluding carboxylic acids is 1. The molecule has 0 rings (SSSR count). The van der Waals surface area contributed by atoms with Crippen LogP contribution in [0.1, 0.15) is 20.8 Å². The minimum Gasteiger partial charge on any atom is -0.525 e. The van der Waals surface area contributed by atoms with E-state index < -0.39 is 0 Å². The average molecular weight is 518 g/mol. The Morgan fingerprint density at radius 2 is 1.74 bits per heavy atom. The van der Waals surface area contributed by atoms with Gasteiger partial charge in [0.05, 0.1) is 38.6 Å². The molecule has 0 heterocycles. The molecule has 1 atom stereocenters. The average Bonchev–Trinajstić information content (AvgIpc) is 2.29. The Morgan fingerprint density at radius 1 is 1.16 bits per heavy atom. The van der Waals surface area contributed by atoms with Gasteiger partial charge in [-0.3, -0.25) is 0 Å². The first kappa shape index (κ1) is 19.6. The van der Waals surface area contributed by atoms with Gasteiger partial charge in [0.15, 0.2) is 0 Å². The van der Waals surface area contributed by atoms with E-state index in [4.69, 9.17) is 19.9 Å². The van der Waals surface area contributed by atoms with Crippen LogP contribution in [0.2, 0.25) is 0 Å². The molecular weight excluding hydrogens is 493 g/mol. The maximum absolute atomic E-state index is 10.1. The molecule has 6 nitrogen and oxygen atoms in total. The first-order valence-electron chi connectivity index (χ1n) is 6.12. The Hall–Kier alpha value is -1.69. The summed E-state index contributed by atoms with van der Waals surface area (Å²) in [5, 5.41) is 2.44. The van der Waals surface area contributed by atoms with E-state index in [0.29, 0.717) is 39.6 Å². The zero-order valence-electron chi connectivity index (χ0n) is 11.8. The Bertz CT molecular complexity index is 212. The Morgan fingerprint density at radius 3 is 2.26 bits per heavy atom. The molecule has 0 aliphatic heterocycles. The predicted molar refractivity (Wildman–Crippen MR) is 69.0 cm³/mol. The molecule has 19 heavy (non-hydrogen) atoms.